The van der Waals surface area contributed by atoms with Gasteiger partial charge < -0.3 is 20.6 Å². The molecule has 3 N–H and O–H groups in total. The van der Waals surface area contributed by atoms with Gasteiger partial charge in [-0.2, -0.15) is 0 Å². The highest BCUT2D eigenvalue weighted by Gasteiger charge is 2.21. The fraction of sp³-hybridized carbons (Fsp3) is 0.500. The van der Waals surface area contributed by atoms with E-state index in [1.807, 2.05) is 0 Å². The van der Waals surface area contributed by atoms with Crippen molar-refractivity contribution in [3.63, 3.8) is 0 Å². The van der Waals surface area contributed by atoms with Gasteiger partial charge in [0, 0.05) is 51.4 Å². The lowest BCUT2D eigenvalue weighted by molar-refractivity contribution is -0.118. The van der Waals surface area contributed by atoms with Crippen LogP contribution >= 0.6 is 0 Å². The first-order chi connectivity index (χ1) is 16.0. The maximum atomic E-state index is 12.6. The van der Waals surface area contributed by atoms with E-state index in [1.165, 1.54) is 23.0 Å². The number of β-amino-alcohol motifs (C(OH)–C–C–N with tert-alkyl or cyclic N) is 1. The summed E-state index contributed by atoms with van der Waals surface area (Å²) in [5.74, 6) is 0.248. The number of aromatic nitrogens is 2. The molecule has 1 aromatic heterocycles. The Kier molecular flexibility index (Phi) is 7.51. The molecule has 9 heteroatoms. The number of carbonyl (C=O) groups is 2. The molecule has 0 radical (unpaired) electrons. The summed E-state index contributed by atoms with van der Waals surface area (Å²) in [5.41, 5.74) is 4.31. The van der Waals surface area contributed by atoms with Gasteiger partial charge >= 0.3 is 0 Å². The van der Waals surface area contributed by atoms with Crippen LogP contribution in [0.5, 0.6) is 0 Å². The number of likely N-dealkylation sites (tertiary alicyclic amines) is 1. The smallest absolute Gasteiger partial charge is 0.270 e. The number of nitrogens with zero attached hydrogens (tertiary/aromatic N) is 4. The number of aryl methyl sites for hydroxylation is 1. The van der Waals surface area contributed by atoms with E-state index in [-0.39, 0.29) is 24.2 Å². The summed E-state index contributed by atoms with van der Waals surface area (Å²) in [6.07, 6.45) is 4.22. The lowest BCUT2D eigenvalue weighted by Gasteiger charge is -2.31. The molecule has 2 aromatic rings. The summed E-state index contributed by atoms with van der Waals surface area (Å²) in [7, 11) is 0. The number of anilines is 1. The number of aliphatic hydroxyl groups is 1. The Bertz CT molecular complexity index is 976. The lowest BCUT2D eigenvalue weighted by atomic mass is 9.95. The topological polar surface area (TPSA) is 111 Å². The van der Waals surface area contributed by atoms with Crippen molar-refractivity contribution < 1.29 is 14.7 Å². The molecule has 1 aromatic carbocycles. The maximum absolute atomic E-state index is 12.6. The molecule has 0 bridgehead atoms. The molecule has 3 heterocycles. The van der Waals surface area contributed by atoms with Crippen LogP contribution < -0.4 is 10.6 Å². The van der Waals surface area contributed by atoms with Gasteiger partial charge in [-0.25, -0.2) is 9.97 Å². The lowest BCUT2D eigenvalue weighted by Crippen LogP contribution is -2.42. The number of nitrogens with one attached hydrogen (secondary N) is 2. The van der Waals surface area contributed by atoms with E-state index in [0.717, 1.165) is 38.8 Å². The molecule has 176 valence electrons. The van der Waals surface area contributed by atoms with Crippen molar-refractivity contribution in [2.24, 2.45) is 0 Å². The number of carbonyl (C=O) groups excluding carboxylic acids is 2. The number of piperidine rings is 1. The molecule has 2 aliphatic rings. The molecule has 9 nitrogen and oxygen atoms in total. The largest absolute Gasteiger partial charge is 0.390 e. The summed E-state index contributed by atoms with van der Waals surface area (Å²) in [5, 5.41) is 16.6. The van der Waals surface area contributed by atoms with Crippen LogP contribution in [0.15, 0.2) is 30.6 Å². The predicted molar refractivity (Wildman–Crippen MR) is 125 cm³/mol. The molecular weight excluding hydrogens is 420 g/mol. The van der Waals surface area contributed by atoms with Crippen molar-refractivity contribution in [2.75, 3.05) is 38.0 Å². The van der Waals surface area contributed by atoms with E-state index in [4.69, 9.17) is 0 Å². The van der Waals surface area contributed by atoms with Crippen LogP contribution in [0, 0.1) is 6.92 Å². The number of fused-ring (bicyclic) bond motifs is 1. The monoisotopic (exact) mass is 452 g/mol. The van der Waals surface area contributed by atoms with Crippen LogP contribution in [0.4, 0.5) is 5.82 Å². The van der Waals surface area contributed by atoms with Gasteiger partial charge in [0.05, 0.1) is 6.10 Å². The highest BCUT2D eigenvalue weighted by Crippen LogP contribution is 2.22. The molecule has 33 heavy (non-hydrogen) atoms. The minimum atomic E-state index is -0.664. The van der Waals surface area contributed by atoms with Gasteiger partial charge in [-0.05, 0) is 42.9 Å². The average molecular weight is 453 g/mol. The molecule has 1 unspecified atom stereocenters. The van der Waals surface area contributed by atoms with E-state index in [2.05, 4.69) is 50.6 Å². The predicted octanol–water partition coefficient (Wildman–Crippen LogP) is 0.967. The van der Waals surface area contributed by atoms with Gasteiger partial charge in [0.15, 0.2) is 0 Å². The summed E-state index contributed by atoms with van der Waals surface area (Å²) in [6, 6.07) is 8.19. The summed E-state index contributed by atoms with van der Waals surface area (Å²) < 4.78 is 0. The fourth-order valence-electron chi connectivity index (χ4n) is 4.60. The van der Waals surface area contributed by atoms with Crippen molar-refractivity contribution in [1.29, 1.82) is 0 Å². The summed E-state index contributed by atoms with van der Waals surface area (Å²) in [4.78, 5) is 35.7. The van der Waals surface area contributed by atoms with Crippen molar-refractivity contribution in [3.05, 3.63) is 53.0 Å². The SMILES string of the molecule is Cc1cccc2c1CCN(CC(O)CNC(=O)c1cc(NC3CCN(C=O)CC3)ncn1)C2. The average Bonchev–Trinajstić information content (AvgIpc) is 2.83. The standard InChI is InChI=1S/C24H32N6O3/c1-17-3-2-4-18-13-30(10-7-21(17)18)14-20(32)12-25-24(33)22-11-23(27-15-26-22)28-19-5-8-29(16-31)9-6-19/h2-4,11,15-16,19-20,32H,5-10,12-14H2,1H3,(H,25,33)(H,26,27,28). The van der Waals surface area contributed by atoms with Crippen LogP contribution in [0.1, 0.15) is 40.0 Å². The summed E-state index contributed by atoms with van der Waals surface area (Å²) >= 11 is 0. The van der Waals surface area contributed by atoms with Crippen LogP contribution in [-0.2, 0) is 17.8 Å². The number of benzene rings is 1. The van der Waals surface area contributed by atoms with Crippen molar-refractivity contribution in [1.82, 2.24) is 25.1 Å². The molecule has 1 saturated heterocycles. The highest BCUT2D eigenvalue weighted by molar-refractivity contribution is 5.92. The number of hydrogen-bond acceptors (Lipinski definition) is 7. The third-order valence-corrected chi connectivity index (χ3v) is 6.48. The second-order valence-electron chi connectivity index (χ2n) is 8.91. The van der Waals surface area contributed by atoms with Gasteiger partial charge in [-0.1, -0.05) is 18.2 Å². The second-order valence-corrected chi connectivity index (χ2v) is 8.91. The number of hydrogen-bond donors (Lipinski definition) is 3. The number of rotatable bonds is 8. The Hall–Kier alpha value is -3.04. The van der Waals surface area contributed by atoms with E-state index < -0.39 is 6.10 Å². The Balaban J connectivity index is 1.24. The Morgan fingerprint density at radius 2 is 2.09 bits per heavy atom. The van der Waals surface area contributed by atoms with Crippen LogP contribution in [0.2, 0.25) is 0 Å². The van der Waals surface area contributed by atoms with Crippen LogP contribution in [0.3, 0.4) is 0 Å². The first kappa shape index (κ1) is 23.1. The second kappa shape index (κ2) is 10.7. The summed E-state index contributed by atoms with van der Waals surface area (Å²) in [6.45, 7) is 5.93. The molecule has 1 atom stereocenters. The molecule has 0 spiro atoms. The van der Waals surface area contributed by atoms with E-state index >= 15 is 0 Å². The van der Waals surface area contributed by atoms with Gasteiger partial charge in [0.1, 0.15) is 17.8 Å². The molecule has 0 aliphatic carbocycles. The highest BCUT2D eigenvalue weighted by atomic mass is 16.3. The van der Waals surface area contributed by atoms with E-state index in [0.29, 0.717) is 25.5 Å². The van der Waals surface area contributed by atoms with Crippen molar-refractivity contribution in [2.45, 2.75) is 44.9 Å². The van der Waals surface area contributed by atoms with Gasteiger partial charge in [0.2, 0.25) is 6.41 Å². The molecule has 1 fully saturated rings. The Labute approximate surface area is 194 Å². The van der Waals surface area contributed by atoms with E-state index in [1.54, 1.807) is 11.0 Å². The Morgan fingerprint density at radius 1 is 1.27 bits per heavy atom. The Morgan fingerprint density at radius 3 is 2.88 bits per heavy atom. The molecule has 4 rings (SSSR count). The van der Waals surface area contributed by atoms with Crippen molar-refractivity contribution >= 4 is 18.1 Å². The molecule has 2 aliphatic heterocycles. The minimum absolute atomic E-state index is 0.160. The van der Waals surface area contributed by atoms with Gasteiger partial charge in [-0.15, -0.1) is 0 Å². The number of aliphatic hydroxyl groups excluding tert-OH is 1. The third kappa shape index (κ3) is 6.06. The van der Waals surface area contributed by atoms with E-state index in [9.17, 15) is 14.7 Å². The van der Waals surface area contributed by atoms with Gasteiger partial charge in [0.25, 0.3) is 5.91 Å². The van der Waals surface area contributed by atoms with Crippen LogP contribution in [0.25, 0.3) is 0 Å². The first-order valence-corrected chi connectivity index (χ1v) is 11.6. The maximum Gasteiger partial charge on any atom is 0.270 e. The first-order valence-electron chi connectivity index (χ1n) is 11.6. The third-order valence-electron chi connectivity index (χ3n) is 6.48. The van der Waals surface area contributed by atoms with Crippen molar-refractivity contribution in [3.8, 4) is 0 Å². The quantitative estimate of drug-likeness (QED) is 0.512. The zero-order valence-corrected chi connectivity index (χ0v) is 19.0. The zero-order valence-electron chi connectivity index (χ0n) is 19.0. The number of amides is 2. The normalized spacial score (nSPS) is 17.8. The molecular formula is C24H32N6O3. The zero-order chi connectivity index (χ0) is 23.2. The van der Waals surface area contributed by atoms with Crippen LogP contribution in [-0.4, -0.2) is 82.1 Å². The minimum Gasteiger partial charge on any atom is -0.390 e. The molecule has 2 amide bonds. The molecule has 0 saturated carbocycles. The van der Waals surface area contributed by atoms with Gasteiger partial charge in [-0.3, -0.25) is 14.5 Å². The fourth-order valence-corrected chi connectivity index (χ4v) is 4.60.